The number of nitrogens with one attached hydrogen (secondary N) is 1. The van der Waals surface area contributed by atoms with Crippen molar-refractivity contribution in [3.05, 3.63) is 29.6 Å². The molecule has 1 N–H and O–H groups in total. The molecule has 0 bridgehead atoms. The smallest absolute Gasteiger partial charge is 0.252 e. The fourth-order valence-electron chi connectivity index (χ4n) is 1.95. The molecule has 1 aliphatic heterocycles. The molecule has 0 radical (unpaired) electrons. The first-order chi connectivity index (χ1) is 8.31. The van der Waals surface area contributed by atoms with Gasteiger partial charge in [0.1, 0.15) is 17.9 Å². The van der Waals surface area contributed by atoms with Crippen LogP contribution in [-0.4, -0.2) is 23.9 Å². The first-order valence-electron chi connectivity index (χ1n) is 5.70. The van der Waals surface area contributed by atoms with Gasteiger partial charge in [-0.05, 0) is 38.5 Å². The van der Waals surface area contributed by atoms with Gasteiger partial charge < -0.3 is 10.2 Å². The Morgan fingerprint density at radius 2 is 2.00 bits per heavy atom. The number of rotatable bonds is 1. The number of amides is 2. The number of halogens is 1. The molecule has 0 saturated carbocycles. The first-order valence-corrected chi connectivity index (χ1v) is 5.70. The van der Waals surface area contributed by atoms with Crippen LogP contribution in [0.15, 0.2) is 18.2 Å². The number of carbonyl (C=O) groups excluding carboxylic acids is 2. The molecule has 0 aliphatic carbocycles. The molecule has 1 aromatic rings. The Morgan fingerprint density at radius 3 is 2.61 bits per heavy atom. The molecular weight excluding hydrogens is 235 g/mol. The molecule has 1 aliphatic rings. The maximum Gasteiger partial charge on any atom is 0.252 e. The van der Waals surface area contributed by atoms with Crippen LogP contribution in [0.4, 0.5) is 10.1 Å². The Hall–Kier alpha value is -1.91. The van der Waals surface area contributed by atoms with E-state index in [-0.39, 0.29) is 24.2 Å². The molecule has 96 valence electrons. The average molecular weight is 250 g/mol. The number of hydrogen-bond donors (Lipinski definition) is 1. The van der Waals surface area contributed by atoms with Crippen molar-refractivity contribution in [3.63, 3.8) is 0 Å². The molecule has 1 heterocycles. The molecule has 1 fully saturated rings. The third-order valence-corrected chi connectivity index (χ3v) is 3.00. The van der Waals surface area contributed by atoms with E-state index in [9.17, 15) is 14.0 Å². The number of carbonyl (C=O) groups is 2. The number of hydrogen-bond acceptors (Lipinski definition) is 2. The normalized spacial score (nSPS) is 18.8. The van der Waals surface area contributed by atoms with Gasteiger partial charge in [-0.25, -0.2) is 4.39 Å². The summed E-state index contributed by atoms with van der Waals surface area (Å²) < 4.78 is 13.5. The number of anilines is 1. The molecule has 1 aromatic carbocycles. The molecule has 4 nitrogen and oxygen atoms in total. The summed E-state index contributed by atoms with van der Waals surface area (Å²) in [7, 11) is 0. The van der Waals surface area contributed by atoms with Crippen LogP contribution in [0.3, 0.4) is 0 Å². The molecule has 0 unspecified atom stereocenters. The summed E-state index contributed by atoms with van der Waals surface area (Å²) >= 11 is 0. The first kappa shape index (κ1) is 12.5. The highest BCUT2D eigenvalue weighted by molar-refractivity contribution is 6.08. The van der Waals surface area contributed by atoms with Crippen molar-refractivity contribution in [2.45, 2.75) is 26.3 Å². The third-order valence-electron chi connectivity index (χ3n) is 3.00. The maximum atomic E-state index is 13.5. The molecular formula is C13H15FN2O2. The topological polar surface area (TPSA) is 49.4 Å². The summed E-state index contributed by atoms with van der Waals surface area (Å²) in [6.45, 7) is 4.83. The second kappa shape index (κ2) is 4.08. The highest BCUT2D eigenvalue weighted by Gasteiger charge is 2.39. The summed E-state index contributed by atoms with van der Waals surface area (Å²) in [4.78, 5) is 25.0. The average Bonchev–Trinajstić information content (AvgIpc) is 2.27. The van der Waals surface area contributed by atoms with E-state index in [0.29, 0.717) is 11.3 Å². The van der Waals surface area contributed by atoms with Crippen molar-refractivity contribution in [1.82, 2.24) is 5.32 Å². The largest absolute Gasteiger partial charge is 0.341 e. The predicted molar refractivity (Wildman–Crippen MR) is 65.7 cm³/mol. The van der Waals surface area contributed by atoms with Crippen LogP contribution in [0.5, 0.6) is 0 Å². The number of piperazine rings is 1. The van der Waals surface area contributed by atoms with E-state index < -0.39 is 5.54 Å². The van der Waals surface area contributed by atoms with Crippen molar-refractivity contribution in [1.29, 1.82) is 0 Å². The van der Waals surface area contributed by atoms with E-state index in [1.54, 1.807) is 32.9 Å². The second-order valence-corrected chi connectivity index (χ2v) is 5.00. The summed E-state index contributed by atoms with van der Waals surface area (Å²) in [5.74, 6) is -0.880. The lowest BCUT2D eigenvalue weighted by Crippen LogP contribution is -2.64. The second-order valence-electron chi connectivity index (χ2n) is 5.00. The Bertz CT molecular complexity index is 526. The summed E-state index contributed by atoms with van der Waals surface area (Å²) in [6.07, 6.45) is 0. The zero-order valence-corrected chi connectivity index (χ0v) is 10.6. The van der Waals surface area contributed by atoms with Crippen LogP contribution in [0.25, 0.3) is 0 Å². The minimum Gasteiger partial charge on any atom is -0.341 e. The van der Waals surface area contributed by atoms with E-state index in [0.717, 1.165) is 0 Å². The van der Waals surface area contributed by atoms with Crippen LogP contribution < -0.4 is 10.2 Å². The molecule has 0 aromatic heterocycles. The van der Waals surface area contributed by atoms with E-state index in [2.05, 4.69) is 5.32 Å². The van der Waals surface area contributed by atoms with Gasteiger partial charge in [-0.15, -0.1) is 0 Å². The molecule has 2 amide bonds. The summed E-state index contributed by atoms with van der Waals surface area (Å²) in [6, 6.07) is 4.52. The Kier molecular flexibility index (Phi) is 2.84. The fourth-order valence-corrected chi connectivity index (χ4v) is 1.95. The number of nitrogens with zero attached hydrogens (tertiary/aromatic N) is 1. The van der Waals surface area contributed by atoms with Crippen molar-refractivity contribution < 1.29 is 14.0 Å². The molecule has 0 atom stereocenters. The van der Waals surface area contributed by atoms with E-state index in [1.165, 1.54) is 11.0 Å². The Morgan fingerprint density at radius 1 is 1.33 bits per heavy atom. The van der Waals surface area contributed by atoms with Crippen molar-refractivity contribution in [3.8, 4) is 0 Å². The van der Waals surface area contributed by atoms with Gasteiger partial charge in [-0.2, -0.15) is 0 Å². The molecule has 0 spiro atoms. The highest BCUT2D eigenvalue weighted by atomic mass is 19.1. The molecule has 1 saturated heterocycles. The quantitative estimate of drug-likeness (QED) is 0.818. The van der Waals surface area contributed by atoms with Crippen LogP contribution in [0, 0.1) is 12.7 Å². The van der Waals surface area contributed by atoms with E-state index in [1.807, 2.05) is 0 Å². The van der Waals surface area contributed by atoms with Gasteiger partial charge in [-0.3, -0.25) is 9.59 Å². The van der Waals surface area contributed by atoms with E-state index >= 15 is 0 Å². The Labute approximate surface area is 105 Å². The van der Waals surface area contributed by atoms with Gasteiger partial charge in [0.2, 0.25) is 5.91 Å². The lowest BCUT2D eigenvalue weighted by Gasteiger charge is -2.37. The van der Waals surface area contributed by atoms with Gasteiger partial charge in [0, 0.05) is 5.69 Å². The summed E-state index contributed by atoms with van der Waals surface area (Å²) in [5.41, 5.74) is -0.0468. The standard InChI is InChI=1S/C13H15FN2O2/c1-8-4-5-9(6-10(8)14)16-7-11(17)15-13(2,3)12(16)18/h4-6H,7H2,1-3H3,(H,15,17). The minimum absolute atomic E-state index is 0.0786. The maximum absolute atomic E-state index is 13.5. The zero-order valence-electron chi connectivity index (χ0n) is 10.6. The SMILES string of the molecule is Cc1ccc(N2CC(=O)NC(C)(C)C2=O)cc1F. The molecule has 5 heteroatoms. The lowest BCUT2D eigenvalue weighted by molar-refractivity contribution is -0.134. The van der Waals surface area contributed by atoms with Gasteiger partial charge in [0.05, 0.1) is 0 Å². The van der Waals surface area contributed by atoms with Crippen LogP contribution in [0.2, 0.25) is 0 Å². The van der Waals surface area contributed by atoms with Crippen LogP contribution >= 0.6 is 0 Å². The van der Waals surface area contributed by atoms with Crippen LogP contribution in [0.1, 0.15) is 19.4 Å². The minimum atomic E-state index is -0.962. The zero-order chi connectivity index (χ0) is 13.5. The fraction of sp³-hybridized carbons (Fsp3) is 0.385. The van der Waals surface area contributed by atoms with Crippen molar-refractivity contribution in [2.24, 2.45) is 0 Å². The third kappa shape index (κ3) is 2.08. The number of benzene rings is 1. The van der Waals surface area contributed by atoms with Crippen molar-refractivity contribution in [2.75, 3.05) is 11.4 Å². The van der Waals surface area contributed by atoms with Crippen LogP contribution in [-0.2, 0) is 9.59 Å². The van der Waals surface area contributed by atoms with Gasteiger partial charge in [0.25, 0.3) is 5.91 Å². The molecule has 18 heavy (non-hydrogen) atoms. The van der Waals surface area contributed by atoms with Gasteiger partial charge >= 0.3 is 0 Å². The molecule has 2 rings (SSSR count). The predicted octanol–water partition coefficient (Wildman–Crippen LogP) is 1.38. The lowest BCUT2D eigenvalue weighted by atomic mass is 10.00. The van der Waals surface area contributed by atoms with Crippen molar-refractivity contribution >= 4 is 17.5 Å². The van der Waals surface area contributed by atoms with E-state index in [4.69, 9.17) is 0 Å². The summed E-state index contributed by atoms with van der Waals surface area (Å²) in [5, 5.41) is 2.61. The highest BCUT2D eigenvalue weighted by Crippen LogP contribution is 2.23. The monoisotopic (exact) mass is 250 g/mol. The Balaban J connectivity index is 2.39. The van der Waals surface area contributed by atoms with Gasteiger partial charge in [0.15, 0.2) is 0 Å². The van der Waals surface area contributed by atoms with Gasteiger partial charge in [-0.1, -0.05) is 6.07 Å². The number of aryl methyl sites for hydroxylation is 1.